The number of aliphatic hydroxyl groups excluding tert-OH is 3. The van der Waals surface area contributed by atoms with Crippen LogP contribution in [0.4, 0.5) is 0 Å². The summed E-state index contributed by atoms with van der Waals surface area (Å²) in [6.45, 7) is 1.73. The Hall–Kier alpha value is -0.280. The van der Waals surface area contributed by atoms with E-state index >= 15 is 0 Å². The Balaban J connectivity index is 2.14. The molecule has 5 nitrogen and oxygen atoms in total. The number of nitrogens with zero attached hydrogens (tertiary/aromatic N) is 1. The Bertz CT molecular complexity index is 377. The van der Waals surface area contributed by atoms with Crippen LogP contribution >= 0.6 is 0 Å². The fourth-order valence-corrected chi connectivity index (χ4v) is 3.82. The van der Waals surface area contributed by atoms with Crippen LogP contribution in [0.5, 0.6) is 0 Å². The molecular formula is C11H16INO4. The molecule has 0 aliphatic carbocycles. The van der Waals surface area contributed by atoms with Crippen molar-refractivity contribution in [2.24, 2.45) is 0 Å². The van der Waals surface area contributed by atoms with E-state index in [9.17, 15) is 10.2 Å². The Morgan fingerprint density at radius 3 is 2.82 bits per heavy atom. The average Bonchev–Trinajstić information content (AvgIpc) is 2.51. The van der Waals surface area contributed by atoms with Crippen molar-refractivity contribution in [1.29, 1.82) is 0 Å². The van der Waals surface area contributed by atoms with Crippen molar-refractivity contribution in [2.45, 2.75) is 31.5 Å². The van der Waals surface area contributed by atoms with Crippen molar-refractivity contribution in [2.75, 3.05) is 6.61 Å². The second-order valence-electron chi connectivity index (χ2n) is 4.03. The predicted octanol–water partition coefficient (Wildman–Crippen LogP) is -4.01. The number of halogens is 1. The molecule has 0 aromatic heterocycles. The monoisotopic (exact) mass is 353 g/mol. The number of hydrogen-bond donors (Lipinski definition) is 3. The van der Waals surface area contributed by atoms with Gasteiger partial charge in [0, 0.05) is 0 Å². The molecule has 6 heteroatoms. The molecule has 2 heterocycles. The number of ether oxygens (including phenoxy) is 1. The molecule has 3 N–H and O–H groups in total. The van der Waals surface area contributed by atoms with Crippen molar-refractivity contribution in [3.05, 3.63) is 21.8 Å². The topological polar surface area (TPSA) is 72.9 Å². The maximum atomic E-state index is 9.89. The van der Waals surface area contributed by atoms with Crippen molar-refractivity contribution in [1.82, 2.24) is 0 Å². The van der Waals surface area contributed by atoms with Gasteiger partial charge in [-0.25, -0.2) is 0 Å². The molecule has 2 rings (SSSR count). The van der Waals surface area contributed by atoms with Crippen LogP contribution in [0.25, 0.3) is 0 Å². The third-order valence-corrected chi connectivity index (χ3v) is 5.46. The SMILES string of the molecule is CC1=C[I-][N+](C2OC(CO)C(O)C2O)=CC=C1. The summed E-state index contributed by atoms with van der Waals surface area (Å²) in [5, 5.41) is 28.6. The quantitative estimate of drug-likeness (QED) is 0.350. The molecule has 0 radical (unpaired) electrons. The number of allylic oxidation sites excluding steroid dienone is 3. The molecular weight excluding hydrogens is 337 g/mol. The fraction of sp³-hybridized carbons (Fsp3) is 0.545. The van der Waals surface area contributed by atoms with E-state index < -0.39 is 46.0 Å². The number of aliphatic hydroxyl groups is 3. The third-order valence-electron chi connectivity index (χ3n) is 2.68. The average molecular weight is 353 g/mol. The first-order chi connectivity index (χ1) is 8.13. The molecule has 0 saturated carbocycles. The van der Waals surface area contributed by atoms with Gasteiger partial charge in [-0.1, -0.05) is 0 Å². The van der Waals surface area contributed by atoms with E-state index in [4.69, 9.17) is 9.84 Å². The van der Waals surface area contributed by atoms with Gasteiger partial charge in [0.25, 0.3) is 0 Å². The third kappa shape index (κ3) is 2.76. The molecule has 96 valence electrons. The minimum atomic E-state index is -1.03. The van der Waals surface area contributed by atoms with Crippen LogP contribution in [-0.4, -0.2) is 55.5 Å². The van der Waals surface area contributed by atoms with Crippen molar-refractivity contribution < 1.29 is 44.3 Å². The molecule has 2 aliphatic rings. The number of rotatable bonds is 2. The summed E-state index contributed by atoms with van der Waals surface area (Å²) in [6.07, 6.45) is 2.46. The van der Waals surface area contributed by atoms with Gasteiger partial charge in [-0.3, -0.25) is 0 Å². The first kappa shape index (κ1) is 13.2. The molecule has 1 fully saturated rings. The summed E-state index contributed by atoms with van der Waals surface area (Å²) < 4.78 is 9.51. The van der Waals surface area contributed by atoms with Crippen LogP contribution in [0.2, 0.25) is 0 Å². The van der Waals surface area contributed by atoms with E-state index in [1.165, 1.54) is 5.57 Å². The van der Waals surface area contributed by atoms with Gasteiger partial charge in [0.15, 0.2) is 0 Å². The number of hydrogen-bond acceptors (Lipinski definition) is 4. The predicted molar refractivity (Wildman–Crippen MR) is 57.0 cm³/mol. The van der Waals surface area contributed by atoms with Gasteiger partial charge in [0.2, 0.25) is 0 Å². The molecule has 0 spiro atoms. The van der Waals surface area contributed by atoms with Gasteiger partial charge < -0.3 is 0 Å². The zero-order chi connectivity index (χ0) is 12.4. The zero-order valence-corrected chi connectivity index (χ0v) is 11.6. The van der Waals surface area contributed by atoms with E-state index in [1.807, 2.05) is 28.1 Å². The van der Waals surface area contributed by atoms with Gasteiger partial charge in [-0.15, -0.1) is 0 Å². The summed E-state index contributed by atoms with van der Waals surface area (Å²) >= 11 is -0.428. The standard InChI is InChI=1S/C11H16INO4/c1-7-3-2-4-13(12-5-7)11-10(16)9(15)8(6-14)17-11/h2-5,8-11,14-16H,6H2,1H3. The Labute approximate surface area is 110 Å². The van der Waals surface area contributed by atoms with Crippen molar-refractivity contribution in [3.8, 4) is 0 Å². The van der Waals surface area contributed by atoms with Crippen LogP contribution in [0, 0.1) is 0 Å². The Kier molecular flexibility index (Phi) is 4.31. The summed E-state index contributed by atoms with van der Waals surface area (Å²) in [7, 11) is 0. The van der Waals surface area contributed by atoms with E-state index in [-0.39, 0.29) is 6.61 Å². The summed E-state index contributed by atoms with van der Waals surface area (Å²) in [5.41, 5.74) is 1.18. The summed E-state index contributed by atoms with van der Waals surface area (Å²) in [4.78, 5) is 0. The van der Waals surface area contributed by atoms with Crippen LogP contribution in [0.3, 0.4) is 0 Å². The Morgan fingerprint density at radius 1 is 1.41 bits per heavy atom. The molecule has 17 heavy (non-hydrogen) atoms. The molecule has 0 aromatic carbocycles. The molecule has 1 saturated heterocycles. The second kappa shape index (κ2) is 5.57. The molecule has 0 amide bonds. The summed E-state index contributed by atoms with van der Waals surface area (Å²) in [6, 6.07) is 0. The van der Waals surface area contributed by atoms with Gasteiger partial charge in [0.05, 0.1) is 0 Å². The molecule has 0 bridgehead atoms. The normalized spacial score (nSPS) is 38.1. The van der Waals surface area contributed by atoms with E-state index in [2.05, 4.69) is 4.08 Å². The minimum absolute atomic E-state index is 0.286. The van der Waals surface area contributed by atoms with Crippen LogP contribution in [0.1, 0.15) is 6.92 Å². The van der Waals surface area contributed by atoms with E-state index in [0.717, 1.165) is 0 Å². The van der Waals surface area contributed by atoms with Crippen molar-refractivity contribution in [3.63, 3.8) is 0 Å². The molecule has 4 atom stereocenters. The van der Waals surface area contributed by atoms with E-state index in [1.54, 1.807) is 0 Å². The molecule has 4 unspecified atom stereocenters. The summed E-state index contributed by atoms with van der Waals surface area (Å²) in [5.74, 6) is 0. The molecule has 2 aliphatic heterocycles. The van der Waals surface area contributed by atoms with Gasteiger partial charge >= 0.3 is 110 Å². The maximum absolute atomic E-state index is 9.89. The first-order valence-corrected chi connectivity index (χ1v) is 7.57. The Morgan fingerprint density at radius 2 is 2.18 bits per heavy atom. The molecule has 0 aromatic rings. The van der Waals surface area contributed by atoms with Crippen LogP contribution < -0.4 is 21.5 Å². The zero-order valence-electron chi connectivity index (χ0n) is 9.40. The fourth-order valence-electron chi connectivity index (χ4n) is 1.70. The van der Waals surface area contributed by atoms with Gasteiger partial charge in [0.1, 0.15) is 0 Å². The second-order valence-corrected chi connectivity index (χ2v) is 6.33. The first-order valence-electron chi connectivity index (χ1n) is 5.36. The van der Waals surface area contributed by atoms with E-state index in [0.29, 0.717) is 0 Å². The van der Waals surface area contributed by atoms with Gasteiger partial charge in [-0.2, -0.15) is 0 Å². The van der Waals surface area contributed by atoms with Crippen molar-refractivity contribution >= 4 is 6.21 Å². The van der Waals surface area contributed by atoms with Crippen LogP contribution in [0.15, 0.2) is 21.8 Å². The van der Waals surface area contributed by atoms with Crippen LogP contribution in [-0.2, 0) is 4.74 Å². The van der Waals surface area contributed by atoms with Gasteiger partial charge in [-0.05, 0) is 0 Å².